The normalized spacial score (nSPS) is 8.21. The summed E-state index contributed by atoms with van der Waals surface area (Å²) >= 11 is 0. The summed E-state index contributed by atoms with van der Waals surface area (Å²) in [5, 5.41) is 8.98. The summed E-state index contributed by atoms with van der Waals surface area (Å²) in [5.41, 5.74) is 3.53. The number of nitriles is 1. The van der Waals surface area contributed by atoms with Crippen molar-refractivity contribution in [3.63, 3.8) is 0 Å². The summed E-state index contributed by atoms with van der Waals surface area (Å²) in [6.45, 7) is 9.99. The van der Waals surface area contributed by atoms with E-state index in [1.165, 1.54) is 6.33 Å². The van der Waals surface area contributed by atoms with Crippen LogP contribution in [0.5, 0.6) is 0 Å². The lowest BCUT2D eigenvalue weighted by molar-refractivity contribution is 1.17. The second kappa shape index (κ2) is 9.78. The smallest absolute Gasteiger partial charge is 0.115 e. The summed E-state index contributed by atoms with van der Waals surface area (Å²) < 4.78 is 0. The van der Waals surface area contributed by atoms with Gasteiger partial charge in [-0.3, -0.25) is 0 Å². The number of aromatic nitrogens is 2. The molecule has 3 heteroatoms. The molecule has 100 valence electrons. The van der Waals surface area contributed by atoms with E-state index in [0.717, 1.165) is 16.7 Å². The van der Waals surface area contributed by atoms with E-state index >= 15 is 0 Å². The Balaban J connectivity index is 0.000000741. The van der Waals surface area contributed by atoms with Crippen LogP contribution >= 0.6 is 0 Å². The molecule has 0 fully saturated rings. The minimum Gasteiger partial charge on any atom is -0.244 e. The van der Waals surface area contributed by atoms with Crippen molar-refractivity contribution in [3.05, 3.63) is 48.0 Å². The Labute approximate surface area is 116 Å². The molecule has 0 unspecified atom stereocenters. The first kappa shape index (κ1) is 16.8. The van der Waals surface area contributed by atoms with Crippen molar-refractivity contribution in [2.45, 2.75) is 34.6 Å². The zero-order valence-electron chi connectivity index (χ0n) is 12.3. The van der Waals surface area contributed by atoms with Crippen molar-refractivity contribution >= 4 is 0 Å². The Bertz CT molecular complexity index is 513. The SMILES string of the molecule is CC.CC.Cc1ccc(C#N)c(-c2cncnc2)c1. The number of hydrogen-bond donors (Lipinski definition) is 0. The van der Waals surface area contributed by atoms with E-state index in [-0.39, 0.29) is 0 Å². The Morgan fingerprint density at radius 3 is 2.11 bits per heavy atom. The van der Waals surface area contributed by atoms with Crippen molar-refractivity contribution in [1.29, 1.82) is 5.26 Å². The fourth-order valence-corrected chi connectivity index (χ4v) is 1.43. The van der Waals surface area contributed by atoms with Gasteiger partial charge >= 0.3 is 0 Å². The molecule has 1 aromatic carbocycles. The highest BCUT2D eigenvalue weighted by Gasteiger charge is 2.04. The fourth-order valence-electron chi connectivity index (χ4n) is 1.43. The van der Waals surface area contributed by atoms with Crippen LogP contribution in [0, 0.1) is 18.3 Å². The van der Waals surface area contributed by atoms with E-state index in [1.807, 2.05) is 52.8 Å². The fraction of sp³-hybridized carbons (Fsp3) is 0.312. The first-order valence-electron chi connectivity index (χ1n) is 6.57. The van der Waals surface area contributed by atoms with Crippen LogP contribution in [-0.4, -0.2) is 9.97 Å². The number of rotatable bonds is 1. The maximum Gasteiger partial charge on any atom is 0.115 e. The summed E-state index contributed by atoms with van der Waals surface area (Å²) in [6.07, 6.45) is 4.90. The molecule has 0 N–H and O–H groups in total. The average molecular weight is 255 g/mol. The van der Waals surface area contributed by atoms with Crippen LogP contribution in [0.3, 0.4) is 0 Å². The van der Waals surface area contributed by atoms with Crippen LogP contribution in [0.2, 0.25) is 0 Å². The van der Waals surface area contributed by atoms with Gasteiger partial charge in [0.2, 0.25) is 0 Å². The first-order chi connectivity index (χ1) is 9.31. The highest BCUT2D eigenvalue weighted by molar-refractivity contribution is 5.69. The second-order valence-corrected chi connectivity index (χ2v) is 3.29. The number of hydrogen-bond acceptors (Lipinski definition) is 3. The van der Waals surface area contributed by atoms with E-state index in [4.69, 9.17) is 5.26 Å². The lowest BCUT2D eigenvalue weighted by Crippen LogP contribution is -1.87. The molecule has 1 heterocycles. The molecule has 0 radical (unpaired) electrons. The van der Waals surface area contributed by atoms with E-state index < -0.39 is 0 Å². The van der Waals surface area contributed by atoms with Crippen LogP contribution < -0.4 is 0 Å². The van der Waals surface area contributed by atoms with Gasteiger partial charge in [0.15, 0.2) is 0 Å². The summed E-state index contributed by atoms with van der Waals surface area (Å²) in [4.78, 5) is 7.89. The Morgan fingerprint density at radius 2 is 1.58 bits per heavy atom. The summed E-state index contributed by atoms with van der Waals surface area (Å²) in [6, 6.07) is 7.87. The number of aryl methyl sites for hydroxylation is 1. The van der Waals surface area contributed by atoms with E-state index in [2.05, 4.69) is 16.0 Å². The average Bonchev–Trinajstić information content (AvgIpc) is 2.52. The molecule has 0 aliphatic carbocycles. The van der Waals surface area contributed by atoms with Gasteiger partial charge in [-0.1, -0.05) is 39.3 Å². The molecule has 2 aromatic rings. The van der Waals surface area contributed by atoms with Gasteiger partial charge in [-0.25, -0.2) is 9.97 Å². The van der Waals surface area contributed by atoms with Gasteiger partial charge < -0.3 is 0 Å². The summed E-state index contributed by atoms with van der Waals surface area (Å²) in [5.74, 6) is 0. The quantitative estimate of drug-likeness (QED) is 0.760. The third-order valence-electron chi connectivity index (χ3n) is 2.17. The van der Waals surface area contributed by atoms with Gasteiger partial charge in [0, 0.05) is 23.5 Å². The maximum atomic E-state index is 8.98. The molecule has 0 atom stereocenters. The zero-order valence-corrected chi connectivity index (χ0v) is 12.3. The highest BCUT2D eigenvalue weighted by atomic mass is 14.8. The van der Waals surface area contributed by atoms with Crippen molar-refractivity contribution < 1.29 is 0 Å². The molecule has 0 bridgehead atoms. The van der Waals surface area contributed by atoms with Crippen LogP contribution in [0.25, 0.3) is 11.1 Å². The largest absolute Gasteiger partial charge is 0.244 e. The second-order valence-electron chi connectivity index (χ2n) is 3.29. The third kappa shape index (κ3) is 4.89. The van der Waals surface area contributed by atoms with Crippen molar-refractivity contribution in [2.24, 2.45) is 0 Å². The van der Waals surface area contributed by atoms with E-state index in [9.17, 15) is 0 Å². The standard InChI is InChI=1S/C12H9N3.2C2H6/c1-9-2-3-10(5-13)12(4-9)11-6-14-8-15-7-11;2*1-2/h2-4,6-8H,1H3;2*1-2H3. The van der Waals surface area contributed by atoms with Gasteiger partial charge in [0.1, 0.15) is 6.33 Å². The van der Waals surface area contributed by atoms with Gasteiger partial charge in [0.25, 0.3) is 0 Å². The third-order valence-corrected chi connectivity index (χ3v) is 2.17. The topological polar surface area (TPSA) is 49.6 Å². The molecule has 0 amide bonds. The van der Waals surface area contributed by atoms with Crippen LogP contribution in [-0.2, 0) is 0 Å². The molecular formula is C16H21N3. The Morgan fingerprint density at radius 1 is 1.00 bits per heavy atom. The van der Waals surface area contributed by atoms with E-state index in [0.29, 0.717) is 5.56 Å². The summed E-state index contributed by atoms with van der Waals surface area (Å²) in [7, 11) is 0. The van der Waals surface area contributed by atoms with Crippen LogP contribution in [0.1, 0.15) is 38.8 Å². The van der Waals surface area contributed by atoms with Gasteiger partial charge in [-0.2, -0.15) is 5.26 Å². The number of nitrogens with zero attached hydrogens (tertiary/aromatic N) is 3. The van der Waals surface area contributed by atoms with Crippen molar-refractivity contribution in [2.75, 3.05) is 0 Å². The zero-order chi connectivity index (χ0) is 14.7. The predicted octanol–water partition coefficient (Wildman–Crippen LogP) is 4.38. The molecule has 0 saturated carbocycles. The minimum absolute atomic E-state index is 0.649. The Hall–Kier alpha value is -2.21. The molecule has 0 saturated heterocycles. The van der Waals surface area contributed by atoms with Gasteiger partial charge in [-0.15, -0.1) is 0 Å². The molecule has 0 aliphatic rings. The molecular weight excluding hydrogens is 234 g/mol. The molecule has 2 rings (SSSR count). The van der Waals surface area contributed by atoms with Gasteiger partial charge in [0.05, 0.1) is 11.6 Å². The molecule has 0 aliphatic heterocycles. The highest BCUT2D eigenvalue weighted by Crippen LogP contribution is 2.22. The van der Waals surface area contributed by atoms with Crippen molar-refractivity contribution in [1.82, 2.24) is 9.97 Å². The predicted molar refractivity (Wildman–Crippen MR) is 79.6 cm³/mol. The molecule has 1 aromatic heterocycles. The molecule has 3 nitrogen and oxygen atoms in total. The molecule has 19 heavy (non-hydrogen) atoms. The minimum atomic E-state index is 0.649. The van der Waals surface area contributed by atoms with Crippen LogP contribution in [0.4, 0.5) is 0 Å². The monoisotopic (exact) mass is 255 g/mol. The molecule has 0 spiro atoms. The lowest BCUT2D eigenvalue weighted by atomic mass is 10.0. The maximum absolute atomic E-state index is 8.98. The lowest BCUT2D eigenvalue weighted by Gasteiger charge is -2.03. The Kier molecular flexibility index (Phi) is 8.64. The van der Waals surface area contributed by atoms with Crippen LogP contribution in [0.15, 0.2) is 36.9 Å². The first-order valence-corrected chi connectivity index (χ1v) is 6.57. The van der Waals surface area contributed by atoms with Gasteiger partial charge in [-0.05, 0) is 19.1 Å². The van der Waals surface area contributed by atoms with E-state index in [1.54, 1.807) is 12.4 Å². The van der Waals surface area contributed by atoms with Crippen molar-refractivity contribution in [3.8, 4) is 17.2 Å². The number of benzene rings is 1.